The SMILES string of the molecule is Cc1nccc(-c2cccc(-n3ccnc3-c3ccco3)c2)n1. The predicted octanol–water partition coefficient (Wildman–Crippen LogP) is 3.90. The molecule has 0 amide bonds. The Labute approximate surface area is 133 Å². The van der Waals surface area contributed by atoms with Crippen molar-refractivity contribution in [2.45, 2.75) is 6.92 Å². The fraction of sp³-hybridized carbons (Fsp3) is 0.0556. The molecule has 0 atom stereocenters. The van der Waals surface area contributed by atoms with Crippen molar-refractivity contribution < 1.29 is 4.42 Å². The van der Waals surface area contributed by atoms with Gasteiger partial charge in [0.2, 0.25) is 0 Å². The van der Waals surface area contributed by atoms with Crippen molar-refractivity contribution in [3.05, 3.63) is 73.1 Å². The lowest BCUT2D eigenvalue weighted by Crippen LogP contribution is -1.96. The summed E-state index contributed by atoms with van der Waals surface area (Å²) in [6, 6.07) is 13.8. The van der Waals surface area contributed by atoms with Gasteiger partial charge in [0.1, 0.15) is 5.82 Å². The van der Waals surface area contributed by atoms with Crippen LogP contribution in [0.1, 0.15) is 5.82 Å². The highest BCUT2D eigenvalue weighted by molar-refractivity contribution is 5.63. The molecule has 0 fully saturated rings. The lowest BCUT2D eigenvalue weighted by molar-refractivity contribution is 0.576. The maximum atomic E-state index is 5.47. The summed E-state index contributed by atoms with van der Waals surface area (Å²) in [5.41, 5.74) is 2.94. The maximum absolute atomic E-state index is 5.47. The van der Waals surface area contributed by atoms with E-state index < -0.39 is 0 Å². The molecule has 4 rings (SSSR count). The van der Waals surface area contributed by atoms with Crippen LogP contribution in [0.3, 0.4) is 0 Å². The molecule has 3 aromatic heterocycles. The summed E-state index contributed by atoms with van der Waals surface area (Å²) < 4.78 is 7.46. The molecule has 112 valence electrons. The summed E-state index contributed by atoms with van der Waals surface area (Å²) in [5, 5.41) is 0. The van der Waals surface area contributed by atoms with Gasteiger partial charge in [0.15, 0.2) is 11.6 Å². The van der Waals surface area contributed by atoms with E-state index in [0.29, 0.717) is 0 Å². The third-order valence-electron chi connectivity index (χ3n) is 3.58. The van der Waals surface area contributed by atoms with Crippen molar-refractivity contribution in [1.82, 2.24) is 19.5 Å². The Kier molecular flexibility index (Phi) is 3.24. The number of aryl methyl sites for hydroxylation is 1. The highest BCUT2D eigenvalue weighted by Gasteiger charge is 2.11. The minimum Gasteiger partial charge on any atom is -0.461 e. The van der Waals surface area contributed by atoms with Crippen LogP contribution < -0.4 is 0 Å². The molecule has 0 N–H and O–H groups in total. The van der Waals surface area contributed by atoms with E-state index in [-0.39, 0.29) is 0 Å². The molecule has 0 spiro atoms. The van der Waals surface area contributed by atoms with Gasteiger partial charge in [0, 0.05) is 29.8 Å². The molecule has 0 bridgehead atoms. The first-order chi connectivity index (χ1) is 11.3. The van der Waals surface area contributed by atoms with E-state index in [0.717, 1.165) is 34.4 Å². The molecule has 0 aliphatic carbocycles. The summed E-state index contributed by atoms with van der Waals surface area (Å²) in [5.74, 6) is 2.26. The van der Waals surface area contributed by atoms with Crippen LogP contribution in [0.2, 0.25) is 0 Å². The Morgan fingerprint density at radius 1 is 1.00 bits per heavy atom. The van der Waals surface area contributed by atoms with Crippen LogP contribution in [-0.2, 0) is 0 Å². The van der Waals surface area contributed by atoms with Gasteiger partial charge in [-0.05, 0) is 37.3 Å². The standard InChI is InChI=1S/C18H14N4O/c1-13-19-8-7-16(21-13)14-4-2-5-15(12-14)22-10-9-20-18(22)17-6-3-11-23-17/h2-12H,1H3. The smallest absolute Gasteiger partial charge is 0.180 e. The molecule has 4 aromatic rings. The Hall–Kier alpha value is -3.21. The number of aromatic nitrogens is 4. The van der Waals surface area contributed by atoms with Crippen LogP contribution >= 0.6 is 0 Å². The minimum atomic E-state index is 0.735. The summed E-state index contributed by atoms with van der Waals surface area (Å²) >= 11 is 0. The predicted molar refractivity (Wildman–Crippen MR) is 87.0 cm³/mol. The topological polar surface area (TPSA) is 56.7 Å². The van der Waals surface area contributed by atoms with Crippen molar-refractivity contribution in [2.24, 2.45) is 0 Å². The van der Waals surface area contributed by atoms with Crippen LogP contribution in [-0.4, -0.2) is 19.5 Å². The fourth-order valence-electron chi connectivity index (χ4n) is 2.53. The third-order valence-corrected chi connectivity index (χ3v) is 3.58. The number of hydrogen-bond acceptors (Lipinski definition) is 4. The first-order valence-electron chi connectivity index (χ1n) is 7.29. The van der Waals surface area contributed by atoms with E-state index in [2.05, 4.69) is 21.0 Å². The molecule has 0 unspecified atom stereocenters. The molecule has 0 saturated heterocycles. The third kappa shape index (κ3) is 2.53. The number of hydrogen-bond donors (Lipinski definition) is 0. The fourth-order valence-corrected chi connectivity index (χ4v) is 2.53. The van der Waals surface area contributed by atoms with E-state index in [1.54, 1.807) is 18.7 Å². The van der Waals surface area contributed by atoms with E-state index in [1.807, 2.05) is 54.1 Å². The van der Waals surface area contributed by atoms with Gasteiger partial charge >= 0.3 is 0 Å². The van der Waals surface area contributed by atoms with E-state index in [1.165, 1.54) is 0 Å². The van der Waals surface area contributed by atoms with Crippen LogP contribution in [0.5, 0.6) is 0 Å². The second kappa shape index (κ2) is 5.53. The Balaban J connectivity index is 1.80. The number of furan rings is 1. The summed E-state index contributed by atoms with van der Waals surface area (Å²) in [7, 11) is 0. The van der Waals surface area contributed by atoms with Crippen LogP contribution in [0.25, 0.3) is 28.5 Å². The molecule has 0 saturated carbocycles. The lowest BCUT2D eigenvalue weighted by Gasteiger charge is -2.08. The maximum Gasteiger partial charge on any atom is 0.180 e. The zero-order valence-corrected chi connectivity index (χ0v) is 12.5. The second-order valence-corrected chi connectivity index (χ2v) is 5.14. The zero-order valence-electron chi connectivity index (χ0n) is 12.5. The first kappa shape index (κ1) is 13.5. The second-order valence-electron chi connectivity index (χ2n) is 5.14. The quantitative estimate of drug-likeness (QED) is 0.576. The number of imidazole rings is 1. The molecule has 0 aliphatic heterocycles. The normalized spacial score (nSPS) is 10.8. The average molecular weight is 302 g/mol. The van der Waals surface area contributed by atoms with Crippen molar-refractivity contribution in [3.8, 4) is 28.5 Å². The molecule has 0 radical (unpaired) electrons. The number of benzene rings is 1. The molecular formula is C18H14N4O. The largest absolute Gasteiger partial charge is 0.461 e. The van der Waals surface area contributed by atoms with Gasteiger partial charge in [-0.25, -0.2) is 15.0 Å². The van der Waals surface area contributed by atoms with Gasteiger partial charge < -0.3 is 4.42 Å². The van der Waals surface area contributed by atoms with E-state index in [4.69, 9.17) is 4.42 Å². The van der Waals surface area contributed by atoms with Crippen molar-refractivity contribution in [1.29, 1.82) is 0 Å². The lowest BCUT2D eigenvalue weighted by atomic mass is 10.1. The highest BCUT2D eigenvalue weighted by atomic mass is 16.3. The van der Waals surface area contributed by atoms with Gasteiger partial charge in [-0.1, -0.05) is 12.1 Å². The number of nitrogens with zero attached hydrogens (tertiary/aromatic N) is 4. The monoisotopic (exact) mass is 302 g/mol. The average Bonchev–Trinajstić information content (AvgIpc) is 3.26. The van der Waals surface area contributed by atoms with Crippen LogP contribution in [0.15, 0.2) is 71.7 Å². The highest BCUT2D eigenvalue weighted by Crippen LogP contribution is 2.25. The van der Waals surface area contributed by atoms with Crippen molar-refractivity contribution in [2.75, 3.05) is 0 Å². The number of rotatable bonds is 3. The molecule has 1 aromatic carbocycles. The first-order valence-corrected chi connectivity index (χ1v) is 7.29. The van der Waals surface area contributed by atoms with E-state index >= 15 is 0 Å². The van der Waals surface area contributed by atoms with Crippen molar-refractivity contribution >= 4 is 0 Å². The van der Waals surface area contributed by atoms with Gasteiger partial charge in [0.05, 0.1) is 12.0 Å². The summed E-state index contributed by atoms with van der Waals surface area (Å²) in [6.45, 7) is 1.89. The van der Waals surface area contributed by atoms with Crippen LogP contribution in [0.4, 0.5) is 0 Å². The van der Waals surface area contributed by atoms with Crippen LogP contribution in [0, 0.1) is 6.92 Å². The molecule has 5 heteroatoms. The van der Waals surface area contributed by atoms with Gasteiger partial charge in [-0.3, -0.25) is 4.57 Å². The van der Waals surface area contributed by atoms with Gasteiger partial charge in [-0.15, -0.1) is 0 Å². The minimum absolute atomic E-state index is 0.735. The molecule has 3 heterocycles. The Morgan fingerprint density at radius 3 is 2.78 bits per heavy atom. The Bertz CT molecular complexity index is 941. The van der Waals surface area contributed by atoms with Crippen molar-refractivity contribution in [3.63, 3.8) is 0 Å². The zero-order chi connectivity index (χ0) is 15.6. The van der Waals surface area contributed by atoms with Gasteiger partial charge in [-0.2, -0.15) is 0 Å². The van der Waals surface area contributed by atoms with Gasteiger partial charge in [0.25, 0.3) is 0 Å². The molecule has 5 nitrogen and oxygen atoms in total. The summed E-state index contributed by atoms with van der Waals surface area (Å²) in [6.07, 6.45) is 7.10. The molecular weight excluding hydrogens is 288 g/mol. The molecule has 0 aliphatic rings. The summed E-state index contributed by atoms with van der Waals surface area (Å²) in [4.78, 5) is 13.0. The van der Waals surface area contributed by atoms with E-state index in [9.17, 15) is 0 Å². The Morgan fingerprint density at radius 2 is 1.96 bits per heavy atom. The molecule has 23 heavy (non-hydrogen) atoms.